The second-order valence-electron chi connectivity index (χ2n) is 3.45. The molecule has 0 spiro atoms. The van der Waals surface area contributed by atoms with E-state index in [2.05, 4.69) is 18.9 Å². The minimum absolute atomic E-state index is 0.0105. The largest absolute Gasteiger partial charge is 0.268 e. The van der Waals surface area contributed by atoms with Crippen LogP contribution >= 0.6 is 0 Å². The Morgan fingerprint density at radius 1 is 1.58 bits per heavy atom. The average Bonchev–Trinajstić information content (AvgIpc) is 1.94. The van der Waals surface area contributed by atoms with Crippen LogP contribution in [0.2, 0.25) is 0 Å². The zero-order chi connectivity index (χ0) is 9.14. The maximum atomic E-state index is 11.3. The molecule has 0 bridgehead atoms. The van der Waals surface area contributed by atoms with Gasteiger partial charge in [0.25, 0.3) is 5.56 Å². The van der Waals surface area contributed by atoms with Crippen LogP contribution in [0.1, 0.15) is 19.4 Å². The van der Waals surface area contributed by atoms with Gasteiger partial charge in [-0.3, -0.25) is 4.79 Å². The van der Waals surface area contributed by atoms with Crippen LogP contribution in [-0.2, 0) is 6.54 Å². The van der Waals surface area contributed by atoms with Gasteiger partial charge in [-0.1, -0.05) is 13.8 Å². The highest BCUT2D eigenvalue weighted by Gasteiger charge is 1.99. The molecule has 0 amide bonds. The second-order valence-corrected chi connectivity index (χ2v) is 3.45. The van der Waals surface area contributed by atoms with Gasteiger partial charge in [-0.15, -0.1) is 0 Å². The summed E-state index contributed by atoms with van der Waals surface area (Å²) in [5.41, 5.74) is 0.906. The predicted octanol–water partition coefficient (Wildman–Crippen LogP) is 1.21. The highest BCUT2D eigenvalue weighted by atomic mass is 16.1. The molecular weight excluding hydrogens is 152 g/mol. The van der Waals surface area contributed by atoms with Gasteiger partial charge >= 0.3 is 0 Å². The Morgan fingerprint density at radius 2 is 2.25 bits per heavy atom. The van der Waals surface area contributed by atoms with Crippen molar-refractivity contribution in [1.82, 2.24) is 9.78 Å². The predicted molar refractivity (Wildman–Crippen MR) is 48.1 cm³/mol. The van der Waals surface area contributed by atoms with Gasteiger partial charge in [-0.2, -0.15) is 5.10 Å². The maximum absolute atomic E-state index is 11.3. The van der Waals surface area contributed by atoms with Crippen LogP contribution < -0.4 is 5.56 Å². The molecule has 0 atom stereocenters. The number of hydrogen-bond acceptors (Lipinski definition) is 2. The van der Waals surface area contributed by atoms with Crippen molar-refractivity contribution in [3.8, 4) is 0 Å². The van der Waals surface area contributed by atoms with Crippen molar-refractivity contribution < 1.29 is 0 Å². The zero-order valence-electron chi connectivity index (χ0n) is 7.74. The van der Waals surface area contributed by atoms with E-state index in [1.807, 2.05) is 6.92 Å². The summed E-state index contributed by atoms with van der Waals surface area (Å²) in [7, 11) is 0. The van der Waals surface area contributed by atoms with E-state index in [4.69, 9.17) is 0 Å². The number of rotatable bonds is 2. The number of aryl methyl sites for hydroxylation is 1. The molecule has 1 aromatic heterocycles. The summed E-state index contributed by atoms with van der Waals surface area (Å²) in [6, 6.07) is 1.61. The molecule has 0 aliphatic carbocycles. The lowest BCUT2D eigenvalue weighted by Crippen LogP contribution is -2.24. The molecule has 0 aromatic carbocycles. The third kappa shape index (κ3) is 2.19. The Hall–Kier alpha value is -1.12. The number of hydrogen-bond donors (Lipinski definition) is 0. The van der Waals surface area contributed by atoms with Crippen molar-refractivity contribution in [2.45, 2.75) is 27.3 Å². The highest BCUT2D eigenvalue weighted by Crippen LogP contribution is 1.94. The second kappa shape index (κ2) is 3.52. The Labute approximate surface area is 72.0 Å². The minimum atomic E-state index is -0.0105. The molecular formula is C9H14N2O. The van der Waals surface area contributed by atoms with E-state index in [-0.39, 0.29) is 5.56 Å². The molecule has 0 saturated heterocycles. The lowest BCUT2D eigenvalue weighted by molar-refractivity contribution is 0.463. The molecule has 3 heteroatoms. The van der Waals surface area contributed by atoms with Gasteiger partial charge in [0.1, 0.15) is 0 Å². The third-order valence-electron chi connectivity index (χ3n) is 1.54. The van der Waals surface area contributed by atoms with Crippen LogP contribution in [0, 0.1) is 12.8 Å². The van der Waals surface area contributed by atoms with Crippen molar-refractivity contribution >= 4 is 0 Å². The lowest BCUT2D eigenvalue weighted by Gasteiger charge is -2.06. The topological polar surface area (TPSA) is 34.9 Å². The summed E-state index contributed by atoms with van der Waals surface area (Å²) in [4.78, 5) is 11.3. The molecule has 1 heterocycles. The summed E-state index contributed by atoms with van der Waals surface area (Å²) in [6.07, 6.45) is 1.71. The quantitative estimate of drug-likeness (QED) is 0.661. The SMILES string of the molecule is Cc1cnn(CC(C)C)c(=O)c1. The molecule has 1 rings (SSSR count). The molecule has 0 aliphatic heterocycles. The van der Waals surface area contributed by atoms with Crippen molar-refractivity contribution in [3.05, 3.63) is 28.2 Å². The molecule has 0 unspecified atom stereocenters. The summed E-state index contributed by atoms with van der Waals surface area (Å²) >= 11 is 0. The van der Waals surface area contributed by atoms with Crippen LogP contribution in [-0.4, -0.2) is 9.78 Å². The summed E-state index contributed by atoms with van der Waals surface area (Å²) < 4.78 is 1.50. The van der Waals surface area contributed by atoms with Crippen LogP contribution in [0.4, 0.5) is 0 Å². The van der Waals surface area contributed by atoms with Crippen LogP contribution in [0.15, 0.2) is 17.1 Å². The van der Waals surface area contributed by atoms with Crippen LogP contribution in [0.5, 0.6) is 0 Å². The van der Waals surface area contributed by atoms with Gasteiger partial charge in [0, 0.05) is 12.6 Å². The first-order valence-corrected chi connectivity index (χ1v) is 4.13. The Bertz CT molecular complexity index is 315. The standard InChI is InChI=1S/C9H14N2O/c1-7(2)6-11-9(12)4-8(3)5-10-11/h4-5,7H,6H2,1-3H3. The van der Waals surface area contributed by atoms with Crippen LogP contribution in [0.3, 0.4) is 0 Å². The van der Waals surface area contributed by atoms with E-state index in [1.165, 1.54) is 4.68 Å². The molecule has 0 saturated carbocycles. The third-order valence-corrected chi connectivity index (χ3v) is 1.54. The first-order chi connectivity index (χ1) is 5.59. The van der Waals surface area contributed by atoms with Gasteiger partial charge in [0.2, 0.25) is 0 Å². The minimum Gasteiger partial charge on any atom is -0.268 e. The monoisotopic (exact) mass is 166 g/mol. The van der Waals surface area contributed by atoms with E-state index in [0.717, 1.165) is 5.56 Å². The van der Waals surface area contributed by atoms with E-state index >= 15 is 0 Å². The maximum Gasteiger partial charge on any atom is 0.266 e. The summed E-state index contributed by atoms with van der Waals surface area (Å²) in [5, 5.41) is 4.02. The van der Waals surface area contributed by atoms with Crippen molar-refractivity contribution in [3.63, 3.8) is 0 Å². The van der Waals surface area contributed by atoms with Crippen LogP contribution in [0.25, 0.3) is 0 Å². The normalized spacial score (nSPS) is 10.7. The van der Waals surface area contributed by atoms with E-state index < -0.39 is 0 Å². The fourth-order valence-corrected chi connectivity index (χ4v) is 1.01. The molecule has 66 valence electrons. The van der Waals surface area contributed by atoms with E-state index in [0.29, 0.717) is 12.5 Å². The van der Waals surface area contributed by atoms with Gasteiger partial charge < -0.3 is 0 Å². The molecule has 0 radical (unpaired) electrons. The Morgan fingerprint density at radius 3 is 2.75 bits per heavy atom. The van der Waals surface area contributed by atoms with Gasteiger partial charge in [0.05, 0.1) is 6.20 Å². The Balaban J connectivity index is 2.94. The summed E-state index contributed by atoms with van der Waals surface area (Å²) in [5.74, 6) is 0.456. The first-order valence-electron chi connectivity index (χ1n) is 4.13. The average molecular weight is 166 g/mol. The van der Waals surface area contributed by atoms with Crippen molar-refractivity contribution in [2.75, 3.05) is 0 Å². The lowest BCUT2D eigenvalue weighted by atomic mass is 10.2. The van der Waals surface area contributed by atoms with E-state index in [9.17, 15) is 4.79 Å². The van der Waals surface area contributed by atoms with E-state index in [1.54, 1.807) is 12.3 Å². The van der Waals surface area contributed by atoms with Gasteiger partial charge in [-0.05, 0) is 18.4 Å². The smallest absolute Gasteiger partial charge is 0.266 e. The molecule has 0 aliphatic rings. The number of nitrogens with zero attached hydrogens (tertiary/aromatic N) is 2. The van der Waals surface area contributed by atoms with Gasteiger partial charge in [0.15, 0.2) is 0 Å². The summed E-state index contributed by atoms with van der Waals surface area (Å²) in [6.45, 7) is 6.69. The fraction of sp³-hybridized carbons (Fsp3) is 0.556. The molecule has 1 aromatic rings. The molecule has 0 N–H and O–H groups in total. The molecule has 12 heavy (non-hydrogen) atoms. The van der Waals surface area contributed by atoms with Gasteiger partial charge in [-0.25, -0.2) is 4.68 Å². The highest BCUT2D eigenvalue weighted by molar-refractivity contribution is 5.02. The molecule has 0 fully saturated rings. The fourth-order valence-electron chi connectivity index (χ4n) is 1.01. The first kappa shape index (κ1) is 8.97. The molecule has 3 nitrogen and oxygen atoms in total. The Kier molecular flexibility index (Phi) is 2.63. The zero-order valence-corrected chi connectivity index (χ0v) is 7.74. The number of aromatic nitrogens is 2. The van der Waals surface area contributed by atoms with Crippen molar-refractivity contribution in [1.29, 1.82) is 0 Å². The van der Waals surface area contributed by atoms with Crippen molar-refractivity contribution in [2.24, 2.45) is 5.92 Å².